The highest BCUT2D eigenvalue weighted by Gasteiger charge is 2.26. The third-order valence-electron chi connectivity index (χ3n) is 4.40. The molecule has 6 nitrogen and oxygen atoms in total. The Balaban J connectivity index is 1.56. The maximum Gasteiger partial charge on any atom is 0.278 e. The number of nitrogens with zero attached hydrogens (tertiary/aromatic N) is 2. The number of rotatable bonds is 10. The van der Waals surface area contributed by atoms with Crippen molar-refractivity contribution in [2.45, 2.75) is 39.3 Å². The standard InChI is InChI=1S/C19H24N4O2S2/c1-3-10-23(13-17-21-22-19(25-17)16-7-5-12-27-16)14(2)18(24)20-9-8-15-6-4-11-26-15/h4-7,11-12,14H,3,8-10,13H2,1-2H3,(H,20,24)/p+1/t14-/m1/s1. The first kappa shape index (κ1) is 19.7. The van der Waals surface area contributed by atoms with Gasteiger partial charge in [-0.3, -0.25) is 4.79 Å². The molecule has 8 heteroatoms. The van der Waals surface area contributed by atoms with Crippen LogP contribution in [0.2, 0.25) is 0 Å². The third-order valence-corrected chi connectivity index (χ3v) is 6.20. The summed E-state index contributed by atoms with van der Waals surface area (Å²) in [6.45, 7) is 6.16. The minimum Gasteiger partial charge on any atom is -0.414 e. The van der Waals surface area contributed by atoms with Gasteiger partial charge in [0, 0.05) is 11.4 Å². The van der Waals surface area contributed by atoms with E-state index in [0.29, 0.717) is 24.9 Å². The molecule has 0 saturated carbocycles. The van der Waals surface area contributed by atoms with Crippen LogP contribution in [-0.4, -0.2) is 35.2 Å². The first-order valence-corrected chi connectivity index (χ1v) is 10.9. The van der Waals surface area contributed by atoms with E-state index in [9.17, 15) is 4.79 Å². The quantitative estimate of drug-likeness (QED) is 0.543. The van der Waals surface area contributed by atoms with Crippen LogP contribution in [0.5, 0.6) is 0 Å². The molecule has 0 aliphatic rings. The Labute approximate surface area is 167 Å². The Bertz CT molecular complexity index is 815. The summed E-state index contributed by atoms with van der Waals surface area (Å²) < 4.78 is 5.80. The van der Waals surface area contributed by atoms with Crippen LogP contribution < -0.4 is 10.2 Å². The summed E-state index contributed by atoms with van der Waals surface area (Å²) in [7, 11) is 0. The average molecular weight is 406 g/mol. The molecule has 0 saturated heterocycles. The number of hydrogen-bond acceptors (Lipinski definition) is 6. The molecule has 1 amide bonds. The van der Waals surface area contributed by atoms with Gasteiger partial charge in [-0.1, -0.05) is 19.1 Å². The fourth-order valence-electron chi connectivity index (χ4n) is 2.90. The van der Waals surface area contributed by atoms with Crippen molar-refractivity contribution in [1.29, 1.82) is 0 Å². The number of thiophene rings is 2. The number of carbonyl (C=O) groups excluding carboxylic acids is 1. The Morgan fingerprint density at radius 1 is 1.26 bits per heavy atom. The first-order chi connectivity index (χ1) is 13.2. The van der Waals surface area contributed by atoms with Gasteiger partial charge in [-0.25, -0.2) is 0 Å². The normalized spacial score (nSPS) is 13.4. The lowest BCUT2D eigenvalue weighted by Gasteiger charge is -2.23. The van der Waals surface area contributed by atoms with E-state index in [-0.39, 0.29) is 11.9 Å². The van der Waals surface area contributed by atoms with Crippen molar-refractivity contribution in [3.8, 4) is 10.8 Å². The first-order valence-electron chi connectivity index (χ1n) is 9.18. The van der Waals surface area contributed by atoms with Gasteiger partial charge in [0.25, 0.3) is 17.7 Å². The van der Waals surface area contributed by atoms with E-state index >= 15 is 0 Å². The van der Waals surface area contributed by atoms with Crippen molar-refractivity contribution in [3.63, 3.8) is 0 Å². The average Bonchev–Trinajstić information content (AvgIpc) is 3.42. The summed E-state index contributed by atoms with van der Waals surface area (Å²) >= 11 is 3.29. The van der Waals surface area contributed by atoms with Crippen LogP contribution in [0.4, 0.5) is 0 Å². The maximum absolute atomic E-state index is 12.6. The predicted molar refractivity (Wildman–Crippen MR) is 108 cm³/mol. The van der Waals surface area contributed by atoms with Crippen molar-refractivity contribution < 1.29 is 14.1 Å². The predicted octanol–water partition coefficient (Wildman–Crippen LogP) is 2.40. The van der Waals surface area contributed by atoms with Crippen LogP contribution in [0.1, 0.15) is 31.0 Å². The second-order valence-electron chi connectivity index (χ2n) is 6.41. The van der Waals surface area contributed by atoms with Crippen LogP contribution >= 0.6 is 22.7 Å². The van der Waals surface area contributed by atoms with Crippen LogP contribution in [0.25, 0.3) is 10.8 Å². The Morgan fingerprint density at radius 3 is 2.78 bits per heavy atom. The number of quaternary nitrogens is 1. The fourth-order valence-corrected chi connectivity index (χ4v) is 4.25. The molecule has 3 heterocycles. The van der Waals surface area contributed by atoms with Gasteiger partial charge in [-0.15, -0.1) is 32.9 Å². The van der Waals surface area contributed by atoms with Crippen molar-refractivity contribution >= 4 is 28.6 Å². The molecule has 144 valence electrons. The number of aromatic nitrogens is 2. The summed E-state index contributed by atoms with van der Waals surface area (Å²) in [5, 5.41) is 15.4. The highest BCUT2D eigenvalue weighted by atomic mass is 32.1. The highest BCUT2D eigenvalue weighted by Crippen LogP contribution is 2.22. The van der Waals surface area contributed by atoms with Crippen LogP contribution in [0.15, 0.2) is 39.4 Å². The van der Waals surface area contributed by atoms with E-state index in [2.05, 4.69) is 33.9 Å². The molecule has 0 spiro atoms. The van der Waals surface area contributed by atoms with Gasteiger partial charge in [0.1, 0.15) is 0 Å². The van der Waals surface area contributed by atoms with E-state index in [0.717, 1.165) is 29.2 Å². The van der Waals surface area contributed by atoms with Gasteiger partial charge < -0.3 is 14.6 Å². The smallest absolute Gasteiger partial charge is 0.278 e. The Hall–Kier alpha value is -2.03. The van der Waals surface area contributed by atoms with Gasteiger partial charge in [-0.05, 0) is 42.7 Å². The lowest BCUT2D eigenvalue weighted by atomic mass is 10.2. The third kappa shape index (κ3) is 5.47. The summed E-state index contributed by atoms with van der Waals surface area (Å²) in [6, 6.07) is 7.87. The van der Waals surface area contributed by atoms with E-state index in [1.165, 1.54) is 4.88 Å². The number of amides is 1. The molecule has 0 radical (unpaired) electrons. The van der Waals surface area contributed by atoms with Crippen LogP contribution in [-0.2, 0) is 17.8 Å². The van der Waals surface area contributed by atoms with Crippen molar-refractivity contribution in [1.82, 2.24) is 15.5 Å². The van der Waals surface area contributed by atoms with Crippen LogP contribution in [0.3, 0.4) is 0 Å². The Morgan fingerprint density at radius 2 is 2.07 bits per heavy atom. The lowest BCUT2D eigenvalue weighted by molar-refractivity contribution is -0.929. The molecular weight excluding hydrogens is 380 g/mol. The minimum atomic E-state index is -0.176. The minimum absolute atomic E-state index is 0.0630. The molecule has 1 unspecified atom stereocenters. The van der Waals surface area contributed by atoms with Crippen molar-refractivity contribution in [3.05, 3.63) is 45.8 Å². The molecule has 2 N–H and O–H groups in total. The van der Waals surface area contributed by atoms with Gasteiger partial charge in [0.15, 0.2) is 12.6 Å². The zero-order valence-electron chi connectivity index (χ0n) is 15.6. The zero-order chi connectivity index (χ0) is 19.1. The molecule has 3 rings (SSSR count). The molecule has 0 aliphatic heterocycles. The molecule has 27 heavy (non-hydrogen) atoms. The van der Waals surface area contributed by atoms with Gasteiger partial charge in [0.05, 0.1) is 11.4 Å². The van der Waals surface area contributed by atoms with Gasteiger partial charge in [-0.2, -0.15) is 0 Å². The molecule has 0 aliphatic carbocycles. The van der Waals surface area contributed by atoms with Crippen molar-refractivity contribution in [2.75, 3.05) is 13.1 Å². The summed E-state index contributed by atoms with van der Waals surface area (Å²) in [5.41, 5.74) is 0. The summed E-state index contributed by atoms with van der Waals surface area (Å²) in [6.07, 6.45) is 1.85. The van der Waals surface area contributed by atoms with Gasteiger partial charge in [0.2, 0.25) is 0 Å². The van der Waals surface area contributed by atoms with E-state index < -0.39 is 0 Å². The van der Waals surface area contributed by atoms with Gasteiger partial charge >= 0.3 is 0 Å². The van der Waals surface area contributed by atoms with E-state index in [4.69, 9.17) is 4.42 Å². The molecule has 0 bridgehead atoms. The number of carbonyl (C=O) groups is 1. The molecule has 0 fully saturated rings. The summed E-state index contributed by atoms with van der Waals surface area (Å²) in [5.74, 6) is 1.18. The van der Waals surface area contributed by atoms with E-state index in [1.807, 2.05) is 30.5 Å². The molecular formula is C19H25N4O2S2+. The largest absolute Gasteiger partial charge is 0.414 e. The van der Waals surface area contributed by atoms with Crippen molar-refractivity contribution in [2.24, 2.45) is 0 Å². The Kier molecular flexibility index (Phi) is 7.14. The van der Waals surface area contributed by atoms with Crippen LogP contribution in [0, 0.1) is 0 Å². The number of hydrogen-bond donors (Lipinski definition) is 2. The van der Waals surface area contributed by atoms with E-state index in [1.54, 1.807) is 22.7 Å². The molecule has 3 aromatic heterocycles. The topological polar surface area (TPSA) is 72.5 Å². The SMILES string of the molecule is CCC[NH+](Cc1nnc(-c2cccs2)o1)[C@H](C)C(=O)NCCc1cccs1. The number of nitrogens with one attached hydrogen (secondary N) is 2. The fraction of sp³-hybridized carbons (Fsp3) is 0.421. The highest BCUT2D eigenvalue weighted by molar-refractivity contribution is 7.13. The zero-order valence-corrected chi connectivity index (χ0v) is 17.2. The molecule has 2 atom stereocenters. The monoisotopic (exact) mass is 405 g/mol. The molecule has 3 aromatic rings. The molecule has 0 aromatic carbocycles. The lowest BCUT2D eigenvalue weighted by Crippen LogP contribution is -3.15. The second-order valence-corrected chi connectivity index (χ2v) is 8.39. The summed E-state index contributed by atoms with van der Waals surface area (Å²) in [4.78, 5) is 16.0. The second kappa shape index (κ2) is 9.77. The maximum atomic E-state index is 12.6.